The summed E-state index contributed by atoms with van der Waals surface area (Å²) >= 11 is 0. The summed E-state index contributed by atoms with van der Waals surface area (Å²) in [4.78, 5) is 5.10. The molecule has 0 aliphatic carbocycles. The van der Waals surface area contributed by atoms with Crippen LogP contribution in [0.2, 0.25) is 0 Å². The minimum atomic E-state index is 0.508. The molecule has 0 aromatic heterocycles. The van der Waals surface area contributed by atoms with Crippen LogP contribution in [0.5, 0.6) is 0 Å². The van der Waals surface area contributed by atoms with Crippen LogP contribution in [0.15, 0.2) is 11.6 Å². The molecule has 2 unspecified atom stereocenters. The summed E-state index contributed by atoms with van der Waals surface area (Å²) in [5.41, 5.74) is 0. The van der Waals surface area contributed by atoms with E-state index >= 15 is 0 Å². The Bertz CT molecular complexity index is 353. The summed E-state index contributed by atoms with van der Waals surface area (Å²) < 4.78 is 11.7. The van der Waals surface area contributed by atoms with E-state index in [0.29, 0.717) is 12.1 Å². The Balaban J connectivity index is 1.60. The molecular formula is C18H36N2O2Si. The van der Waals surface area contributed by atoms with Crippen LogP contribution in [0.4, 0.5) is 0 Å². The van der Waals surface area contributed by atoms with Crippen molar-refractivity contribution in [3.63, 3.8) is 0 Å². The minimum absolute atomic E-state index is 0.508. The third-order valence-corrected chi connectivity index (χ3v) is 5.69. The van der Waals surface area contributed by atoms with E-state index in [9.17, 15) is 0 Å². The van der Waals surface area contributed by atoms with Gasteiger partial charge in [-0.2, -0.15) is 0 Å². The fourth-order valence-electron chi connectivity index (χ4n) is 3.52. The number of hydrogen-bond acceptors (Lipinski definition) is 4. The van der Waals surface area contributed by atoms with Gasteiger partial charge in [0.2, 0.25) is 0 Å². The van der Waals surface area contributed by atoms with E-state index in [1.165, 1.54) is 64.7 Å². The molecule has 0 aromatic rings. The molecule has 2 aliphatic heterocycles. The first-order valence-electron chi connectivity index (χ1n) is 9.56. The monoisotopic (exact) mass is 340 g/mol. The van der Waals surface area contributed by atoms with Gasteiger partial charge < -0.3 is 9.47 Å². The summed E-state index contributed by atoms with van der Waals surface area (Å²) in [5, 5.41) is 1.03. The lowest BCUT2D eigenvalue weighted by Crippen LogP contribution is -2.40. The largest absolute Gasteiger partial charge is 0.499 e. The second-order valence-corrected chi connectivity index (χ2v) is 8.25. The molecule has 2 fully saturated rings. The van der Waals surface area contributed by atoms with E-state index in [1.807, 2.05) is 6.26 Å². The molecule has 2 heterocycles. The van der Waals surface area contributed by atoms with Crippen LogP contribution in [0, 0.1) is 0 Å². The van der Waals surface area contributed by atoms with Gasteiger partial charge >= 0.3 is 0 Å². The Morgan fingerprint density at radius 1 is 0.870 bits per heavy atom. The maximum Gasteiger partial charge on any atom is 0.114 e. The van der Waals surface area contributed by atoms with Crippen molar-refractivity contribution in [3.05, 3.63) is 11.6 Å². The second-order valence-electron chi connectivity index (χ2n) is 7.26. The summed E-state index contributed by atoms with van der Waals surface area (Å²) in [7, 11) is 0.910. The van der Waals surface area contributed by atoms with Crippen molar-refractivity contribution in [3.8, 4) is 0 Å². The SMILES string of the molecule is CC(COC=C([SiH3])OCC(C)N1CCCCC1)N1CCCCC1. The number of likely N-dealkylation sites (tertiary alicyclic amines) is 2. The van der Waals surface area contributed by atoms with E-state index in [0.717, 1.165) is 28.8 Å². The highest BCUT2D eigenvalue weighted by Crippen LogP contribution is 2.14. The van der Waals surface area contributed by atoms with Crippen molar-refractivity contribution in [1.82, 2.24) is 9.80 Å². The van der Waals surface area contributed by atoms with Gasteiger partial charge in [0, 0.05) is 12.1 Å². The van der Waals surface area contributed by atoms with Gasteiger partial charge in [-0.15, -0.1) is 0 Å². The van der Waals surface area contributed by atoms with Crippen LogP contribution in [0.3, 0.4) is 0 Å². The maximum absolute atomic E-state index is 5.93. The van der Waals surface area contributed by atoms with E-state index in [2.05, 4.69) is 23.6 Å². The molecule has 0 amide bonds. The predicted molar refractivity (Wildman–Crippen MR) is 99.7 cm³/mol. The molecule has 0 bridgehead atoms. The van der Waals surface area contributed by atoms with Crippen molar-refractivity contribution in [1.29, 1.82) is 0 Å². The quantitative estimate of drug-likeness (QED) is 0.498. The Kier molecular flexibility index (Phi) is 8.48. The van der Waals surface area contributed by atoms with Gasteiger partial charge in [0.25, 0.3) is 0 Å². The molecule has 2 saturated heterocycles. The normalized spacial score (nSPS) is 24.3. The zero-order chi connectivity index (χ0) is 16.5. The first-order chi connectivity index (χ1) is 11.2. The highest BCUT2D eigenvalue weighted by atomic mass is 28.1. The molecule has 2 aliphatic rings. The molecule has 2 rings (SSSR count). The fraction of sp³-hybridized carbons (Fsp3) is 0.889. The average molecular weight is 341 g/mol. The number of nitrogens with zero attached hydrogens (tertiary/aromatic N) is 2. The number of piperidine rings is 2. The van der Waals surface area contributed by atoms with Crippen molar-refractivity contribution in [2.45, 2.75) is 64.5 Å². The van der Waals surface area contributed by atoms with Gasteiger partial charge in [0.1, 0.15) is 19.5 Å². The average Bonchev–Trinajstić information content (AvgIpc) is 2.61. The summed E-state index contributed by atoms with van der Waals surface area (Å²) in [6.07, 6.45) is 9.98. The Morgan fingerprint density at radius 3 is 1.87 bits per heavy atom. The lowest BCUT2D eigenvalue weighted by Gasteiger charge is -2.32. The molecule has 0 saturated carbocycles. The van der Waals surface area contributed by atoms with Gasteiger partial charge in [0.05, 0.1) is 15.6 Å². The van der Waals surface area contributed by atoms with Crippen LogP contribution >= 0.6 is 0 Å². The highest BCUT2D eigenvalue weighted by Gasteiger charge is 2.18. The van der Waals surface area contributed by atoms with Crippen molar-refractivity contribution < 1.29 is 9.47 Å². The van der Waals surface area contributed by atoms with Crippen molar-refractivity contribution in [2.75, 3.05) is 39.4 Å². The Hall–Kier alpha value is -0.523. The molecular weight excluding hydrogens is 304 g/mol. The molecule has 134 valence electrons. The van der Waals surface area contributed by atoms with Crippen LogP contribution < -0.4 is 0 Å². The van der Waals surface area contributed by atoms with Crippen LogP contribution in [0.25, 0.3) is 0 Å². The van der Waals surface area contributed by atoms with E-state index in [1.54, 1.807) is 0 Å². The number of ether oxygens (including phenoxy) is 2. The molecule has 2 atom stereocenters. The standard InChI is InChI=1S/C18H36N2O2Si/c1-16(19-9-5-3-6-10-19)13-21-15-18(23)22-14-17(2)20-11-7-4-8-12-20/h15-17H,3-14H2,1-2,23H3. The fourth-order valence-corrected chi connectivity index (χ4v) is 3.85. The lowest BCUT2D eigenvalue weighted by molar-refractivity contribution is 0.0847. The first kappa shape index (κ1) is 18.8. The molecule has 5 heteroatoms. The molecule has 0 spiro atoms. The van der Waals surface area contributed by atoms with Gasteiger partial charge in [-0.05, 0) is 65.7 Å². The molecule has 23 heavy (non-hydrogen) atoms. The third kappa shape index (κ3) is 6.85. The molecule has 0 aromatic carbocycles. The maximum atomic E-state index is 5.93. The molecule has 0 N–H and O–H groups in total. The molecule has 4 nitrogen and oxygen atoms in total. The van der Waals surface area contributed by atoms with E-state index in [-0.39, 0.29) is 0 Å². The third-order valence-electron chi connectivity index (χ3n) is 5.17. The van der Waals surface area contributed by atoms with Crippen LogP contribution in [-0.4, -0.2) is 71.5 Å². The van der Waals surface area contributed by atoms with E-state index in [4.69, 9.17) is 9.47 Å². The zero-order valence-electron chi connectivity index (χ0n) is 15.4. The van der Waals surface area contributed by atoms with Gasteiger partial charge in [0.15, 0.2) is 0 Å². The van der Waals surface area contributed by atoms with Gasteiger partial charge in [-0.1, -0.05) is 12.8 Å². The van der Waals surface area contributed by atoms with E-state index < -0.39 is 0 Å². The van der Waals surface area contributed by atoms with Gasteiger partial charge in [-0.3, -0.25) is 9.80 Å². The Labute approximate surface area is 145 Å². The topological polar surface area (TPSA) is 24.9 Å². The summed E-state index contributed by atoms with van der Waals surface area (Å²) in [6, 6.07) is 1.02. The molecule has 0 radical (unpaired) electrons. The van der Waals surface area contributed by atoms with Crippen molar-refractivity contribution >= 4 is 10.2 Å². The Morgan fingerprint density at radius 2 is 1.35 bits per heavy atom. The van der Waals surface area contributed by atoms with Crippen LogP contribution in [-0.2, 0) is 9.47 Å². The minimum Gasteiger partial charge on any atom is -0.499 e. The second kappa shape index (κ2) is 10.4. The van der Waals surface area contributed by atoms with Crippen molar-refractivity contribution in [2.24, 2.45) is 0 Å². The lowest BCUT2D eigenvalue weighted by atomic mass is 10.1. The predicted octanol–water partition coefficient (Wildman–Crippen LogP) is 1.93. The van der Waals surface area contributed by atoms with Gasteiger partial charge in [-0.25, -0.2) is 0 Å². The first-order valence-corrected chi connectivity index (χ1v) is 10.6. The summed E-state index contributed by atoms with van der Waals surface area (Å²) in [5.74, 6) is 0. The van der Waals surface area contributed by atoms with Crippen LogP contribution in [0.1, 0.15) is 52.4 Å². The smallest absolute Gasteiger partial charge is 0.114 e. The summed E-state index contributed by atoms with van der Waals surface area (Å²) in [6.45, 7) is 11.0. The highest BCUT2D eigenvalue weighted by molar-refractivity contribution is 6.20. The number of hydrogen-bond donors (Lipinski definition) is 0. The zero-order valence-corrected chi connectivity index (χ0v) is 17.4. The number of rotatable bonds is 8.